The first-order valence-electron chi connectivity index (χ1n) is 8.35. The average molecular weight is 342 g/mol. The van der Waals surface area contributed by atoms with Gasteiger partial charge in [-0.05, 0) is 29.8 Å². The topological polar surface area (TPSA) is 71.9 Å². The molecule has 6 heteroatoms. The van der Waals surface area contributed by atoms with Gasteiger partial charge in [0.2, 0.25) is 0 Å². The third-order valence-corrected chi connectivity index (χ3v) is 4.14. The first-order chi connectivity index (χ1) is 12.2. The van der Waals surface area contributed by atoms with Crippen LogP contribution in [0, 0.1) is 5.92 Å². The zero-order chi connectivity index (χ0) is 17.5. The Morgan fingerprint density at radius 1 is 1.28 bits per heavy atom. The molecule has 0 bridgehead atoms. The summed E-state index contributed by atoms with van der Waals surface area (Å²) in [5, 5.41) is 9.21. The van der Waals surface area contributed by atoms with E-state index in [1.54, 1.807) is 6.20 Å². The molecule has 1 aromatic heterocycles. The molecule has 0 radical (unpaired) electrons. The predicted octanol–water partition coefficient (Wildman–Crippen LogP) is 2.19. The molecule has 2 aromatic rings. The molecular formula is C19H22N2O4. The third kappa shape index (κ3) is 5.27. The van der Waals surface area contributed by atoms with E-state index < -0.39 is 11.9 Å². The van der Waals surface area contributed by atoms with Crippen LogP contribution in [0.5, 0.6) is 5.75 Å². The predicted molar refractivity (Wildman–Crippen MR) is 92.2 cm³/mol. The number of aliphatic carboxylic acids is 1. The maximum Gasteiger partial charge on any atom is 0.310 e. The molecule has 3 rings (SSSR count). The van der Waals surface area contributed by atoms with Crippen LogP contribution in [0.3, 0.4) is 0 Å². The van der Waals surface area contributed by atoms with Crippen molar-refractivity contribution >= 4 is 5.97 Å². The fraction of sp³-hybridized carbons (Fsp3) is 0.368. The van der Waals surface area contributed by atoms with Gasteiger partial charge in [-0.25, -0.2) is 0 Å². The second kappa shape index (κ2) is 8.60. The van der Waals surface area contributed by atoms with Crippen LogP contribution in [-0.2, 0) is 22.7 Å². The number of carbonyl (C=O) groups is 1. The highest BCUT2D eigenvalue weighted by Crippen LogP contribution is 2.16. The lowest BCUT2D eigenvalue weighted by Crippen LogP contribution is -2.33. The van der Waals surface area contributed by atoms with Gasteiger partial charge in [0, 0.05) is 25.8 Å². The van der Waals surface area contributed by atoms with Crippen LogP contribution in [0.1, 0.15) is 11.3 Å². The van der Waals surface area contributed by atoms with Crippen LogP contribution in [0.15, 0.2) is 48.7 Å². The van der Waals surface area contributed by atoms with Crippen molar-refractivity contribution in [2.24, 2.45) is 5.92 Å². The average Bonchev–Trinajstić information content (AvgIpc) is 2.88. The zero-order valence-electron chi connectivity index (χ0n) is 14.0. The standard InChI is InChI=1S/C19H22N2O4/c22-19(23)16-12-21(9-10-24-13-16)11-15-4-6-18(7-5-15)25-14-17-3-1-2-8-20-17/h1-8,16H,9-14H2,(H,22,23). The van der Waals surface area contributed by atoms with Crippen LogP contribution in [-0.4, -0.2) is 47.3 Å². The van der Waals surface area contributed by atoms with Gasteiger partial charge in [-0.3, -0.25) is 14.7 Å². The Morgan fingerprint density at radius 3 is 2.84 bits per heavy atom. The second-order valence-corrected chi connectivity index (χ2v) is 6.10. The van der Waals surface area contributed by atoms with E-state index in [1.165, 1.54) is 0 Å². The minimum absolute atomic E-state index is 0.284. The molecule has 2 heterocycles. The quantitative estimate of drug-likeness (QED) is 0.868. The van der Waals surface area contributed by atoms with Crippen LogP contribution in [0.4, 0.5) is 0 Å². The number of carboxylic acid groups (broad SMARTS) is 1. The van der Waals surface area contributed by atoms with Gasteiger partial charge in [0.1, 0.15) is 12.4 Å². The summed E-state index contributed by atoms with van der Waals surface area (Å²) in [6.07, 6.45) is 1.75. The molecule has 1 atom stereocenters. The number of benzene rings is 1. The Morgan fingerprint density at radius 2 is 2.12 bits per heavy atom. The van der Waals surface area contributed by atoms with Gasteiger partial charge in [-0.15, -0.1) is 0 Å². The Bertz CT molecular complexity index is 676. The molecule has 1 saturated heterocycles. The number of carboxylic acids is 1. The lowest BCUT2D eigenvalue weighted by molar-refractivity contribution is -0.143. The second-order valence-electron chi connectivity index (χ2n) is 6.10. The smallest absolute Gasteiger partial charge is 0.310 e. The fourth-order valence-electron chi connectivity index (χ4n) is 2.76. The number of rotatable bonds is 6. The summed E-state index contributed by atoms with van der Waals surface area (Å²) in [5.74, 6) is -0.481. The Balaban J connectivity index is 1.54. The van der Waals surface area contributed by atoms with Gasteiger partial charge in [0.15, 0.2) is 0 Å². The van der Waals surface area contributed by atoms with Crippen molar-refractivity contribution < 1.29 is 19.4 Å². The van der Waals surface area contributed by atoms with E-state index in [-0.39, 0.29) is 6.61 Å². The lowest BCUT2D eigenvalue weighted by Gasteiger charge is -2.21. The van der Waals surface area contributed by atoms with Crippen molar-refractivity contribution in [3.63, 3.8) is 0 Å². The minimum atomic E-state index is -0.801. The zero-order valence-corrected chi connectivity index (χ0v) is 14.0. The molecule has 1 N–H and O–H groups in total. The number of pyridine rings is 1. The SMILES string of the molecule is O=C(O)C1COCCN(Cc2ccc(OCc3ccccn3)cc2)C1. The number of nitrogens with zero attached hydrogens (tertiary/aromatic N) is 2. The Kier molecular flexibility index (Phi) is 5.98. The highest BCUT2D eigenvalue weighted by Gasteiger charge is 2.24. The van der Waals surface area contributed by atoms with E-state index in [4.69, 9.17) is 9.47 Å². The lowest BCUT2D eigenvalue weighted by atomic mass is 10.1. The van der Waals surface area contributed by atoms with Crippen LogP contribution >= 0.6 is 0 Å². The van der Waals surface area contributed by atoms with E-state index >= 15 is 0 Å². The van der Waals surface area contributed by atoms with Crippen molar-refractivity contribution in [1.82, 2.24) is 9.88 Å². The largest absolute Gasteiger partial charge is 0.487 e. The van der Waals surface area contributed by atoms with Crippen LogP contribution < -0.4 is 4.74 Å². The number of hydrogen-bond donors (Lipinski definition) is 1. The normalized spacial score (nSPS) is 18.5. The molecule has 25 heavy (non-hydrogen) atoms. The molecule has 0 amide bonds. The van der Waals surface area contributed by atoms with Crippen molar-refractivity contribution in [3.8, 4) is 5.75 Å². The molecule has 0 aliphatic carbocycles. The highest BCUT2D eigenvalue weighted by atomic mass is 16.5. The van der Waals surface area contributed by atoms with Crippen LogP contribution in [0.25, 0.3) is 0 Å². The molecule has 6 nitrogen and oxygen atoms in total. The van der Waals surface area contributed by atoms with Crippen molar-refractivity contribution in [3.05, 3.63) is 59.9 Å². The number of ether oxygens (including phenoxy) is 2. The summed E-state index contributed by atoms with van der Waals surface area (Å²) >= 11 is 0. The van der Waals surface area contributed by atoms with Gasteiger partial charge in [-0.2, -0.15) is 0 Å². The number of hydrogen-bond acceptors (Lipinski definition) is 5. The van der Waals surface area contributed by atoms with Gasteiger partial charge in [0.25, 0.3) is 0 Å². The first kappa shape index (κ1) is 17.4. The van der Waals surface area contributed by atoms with Gasteiger partial charge < -0.3 is 14.6 Å². The van der Waals surface area contributed by atoms with Crippen LogP contribution in [0.2, 0.25) is 0 Å². The Hall–Kier alpha value is -2.44. The Labute approximate surface area is 147 Å². The summed E-state index contributed by atoms with van der Waals surface area (Å²) in [7, 11) is 0. The summed E-state index contributed by atoms with van der Waals surface area (Å²) in [6.45, 7) is 3.23. The molecule has 1 fully saturated rings. The van der Waals surface area contributed by atoms with E-state index in [0.717, 1.165) is 23.6 Å². The maximum atomic E-state index is 11.2. The maximum absolute atomic E-state index is 11.2. The molecule has 1 aromatic carbocycles. The van der Waals surface area contributed by atoms with Crippen molar-refractivity contribution in [1.29, 1.82) is 0 Å². The number of aromatic nitrogens is 1. The third-order valence-electron chi connectivity index (χ3n) is 4.14. The highest BCUT2D eigenvalue weighted by molar-refractivity contribution is 5.70. The van der Waals surface area contributed by atoms with E-state index in [9.17, 15) is 9.90 Å². The van der Waals surface area contributed by atoms with E-state index in [1.807, 2.05) is 42.5 Å². The molecular weight excluding hydrogens is 320 g/mol. The molecule has 1 aliphatic heterocycles. The summed E-state index contributed by atoms with van der Waals surface area (Å²) in [4.78, 5) is 17.6. The molecule has 0 spiro atoms. The van der Waals surface area contributed by atoms with Crippen molar-refractivity contribution in [2.75, 3.05) is 26.3 Å². The van der Waals surface area contributed by atoms with E-state index in [2.05, 4.69) is 9.88 Å². The summed E-state index contributed by atoms with van der Waals surface area (Å²) in [6, 6.07) is 13.6. The molecule has 132 valence electrons. The van der Waals surface area contributed by atoms with Gasteiger partial charge in [0.05, 0.1) is 24.8 Å². The molecule has 1 unspecified atom stereocenters. The van der Waals surface area contributed by atoms with Gasteiger partial charge >= 0.3 is 5.97 Å². The molecule has 0 saturated carbocycles. The van der Waals surface area contributed by atoms with E-state index in [0.29, 0.717) is 26.3 Å². The van der Waals surface area contributed by atoms with Gasteiger partial charge in [-0.1, -0.05) is 18.2 Å². The first-order valence-corrected chi connectivity index (χ1v) is 8.35. The summed E-state index contributed by atoms with van der Waals surface area (Å²) in [5.41, 5.74) is 2.01. The van der Waals surface area contributed by atoms with Crippen molar-refractivity contribution in [2.45, 2.75) is 13.2 Å². The molecule has 1 aliphatic rings. The monoisotopic (exact) mass is 342 g/mol. The summed E-state index contributed by atoms with van der Waals surface area (Å²) < 4.78 is 11.1. The minimum Gasteiger partial charge on any atom is -0.487 e. The fourth-order valence-corrected chi connectivity index (χ4v) is 2.76.